The first-order valence-electron chi connectivity index (χ1n) is 3.79. The van der Waals surface area contributed by atoms with E-state index in [-0.39, 0.29) is 17.8 Å². The third-order valence-corrected chi connectivity index (χ3v) is 2.08. The van der Waals surface area contributed by atoms with Gasteiger partial charge in [-0.3, -0.25) is 4.79 Å². The quantitative estimate of drug-likeness (QED) is 0.622. The Hall–Kier alpha value is -1.38. The summed E-state index contributed by atoms with van der Waals surface area (Å²) in [7, 11) is 0. The maximum atomic E-state index is 13.1. The predicted octanol–water partition coefficient (Wildman–Crippen LogP) is 1.63. The van der Waals surface area contributed by atoms with Crippen molar-refractivity contribution in [1.29, 1.82) is 0 Å². The van der Waals surface area contributed by atoms with Gasteiger partial charge in [0.15, 0.2) is 0 Å². The van der Waals surface area contributed by atoms with Gasteiger partial charge in [-0.25, -0.2) is 4.39 Å². The fourth-order valence-corrected chi connectivity index (χ4v) is 1.52. The van der Waals surface area contributed by atoms with Crippen LogP contribution in [0.1, 0.15) is 28.9 Å². The summed E-state index contributed by atoms with van der Waals surface area (Å²) >= 11 is 0. The van der Waals surface area contributed by atoms with E-state index in [9.17, 15) is 9.18 Å². The third-order valence-electron chi connectivity index (χ3n) is 2.08. The van der Waals surface area contributed by atoms with Gasteiger partial charge in [0.25, 0.3) is 5.91 Å². The number of rotatable bonds is 0. The molecule has 62 valence electrons. The third kappa shape index (κ3) is 0.826. The van der Waals surface area contributed by atoms with Crippen LogP contribution in [0.15, 0.2) is 18.2 Å². The van der Waals surface area contributed by atoms with E-state index in [4.69, 9.17) is 0 Å². The topological polar surface area (TPSA) is 29.1 Å². The smallest absolute Gasteiger partial charge is 0.252 e. The molecule has 0 bridgehead atoms. The van der Waals surface area contributed by atoms with E-state index in [1.54, 1.807) is 19.1 Å². The summed E-state index contributed by atoms with van der Waals surface area (Å²) in [6.07, 6.45) is 0. The van der Waals surface area contributed by atoms with Crippen LogP contribution in [0.25, 0.3) is 0 Å². The largest absolute Gasteiger partial charge is 0.345 e. The number of halogens is 1. The highest BCUT2D eigenvalue weighted by atomic mass is 19.1. The zero-order valence-electron chi connectivity index (χ0n) is 6.60. The molecule has 1 aromatic rings. The van der Waals surface area contributed by atoms with Crippen molar-refractivity contribution in [1.82, 2.24) is 5.32 Å². The van der Waals surface area contributed by atoms with Crippen LogP contribution >= 0.6 is 0 Å². The maximum Gasteiger partial charge on any atom is 0.252 e. The SMILES string of the molecule is CC1NC(=O)c2cccc(F)c21. The van der Waals surface area contributed by atoms with Crippen molar-refractivity contribution >= 4 is 5.91 Å². The van der Waals surface area contributed by atoms with Gasteiger partial charge in [0.05, 0.1) is 6.04 Å². The zero-order valence-corrected chi connectivity index (χ0v) is 6.60. The highest BCUT2D eigenvalue weighted by Crippen LogP contribution is 2.26. The first-order chi connectivity index (χ1) is 5.70. The van der Waals surface area contributed by atoms with Gasteiger partial charge in [-0.05, 0) is 19.1 Å². The Morgan fingerprint density at radius 3 is 2.92 bits per heavy atom. The maximum absolute atomic E-state index is 13.1. The minimum atomic E-state index is -0.307. The van der Waals surface area contributed by atoms with Gasteiger partial charge in [0.2, 0.25) is 0 Å². The van der Waals surface area contributed by atoms with Crippen LogP contribution in [0.2, 0.25) is 0 Å². The van der Waals surface area contributed by atoms with E-state index >= 15 is 0 Å². The van der Waals surface area contributed by atoms with E-state index in [0.717, 1.165) is 0 Å². The molecule has 0 fully saturated rings. The van der Waals surface area contributed by atoms with Crippen LogP contribution in [0.5, 0.6) is 0 Å². The van der Waals surface area contributed by atoms with Crippen molar-refractivity contribution in [3.05, 3.63) is 35.1 Å². The Bertz CT molecular complexity index is 348. The number of benzene rings is 1. The number of hydrogen-bond acceptors (Lipinski definition) is 1. The highest BCUT2D eigenvalue weighted by molar-refractivity contribution is 5.99. The van der Waals surface area contributed by atoms with Gasteiger partial charge in [0.1, 0.15) is 5.82 Å². The number of carbonyl (C=O) groups excluding carboxylic acids is 1. The number of carbonyl (C=O) groups is 1. The number of amides is 1. The lowest BCUT2D eigenvalue weighted by molar-refractivity contribution is 0.0958. The molecular formula is C9H8FNO. The van der Waals surface area contributed by atoms with Crippen LogP contribution in [0.4, 0.5) is 4.39 Å². The molecule has 1 aliphatic heterocycles. The fourth-order valence-electron chi connectivity index (χ4n) is 1.52. The van der Waals surface area contributed by atoms with Gasteiger partial charge in [-0.1, -0.05) is 6.07 Å². The molecule has 0 aliphatic carbocycles. The van der Waals surface area contributed by atoms with Gasteiger partial charge >= 0.3 is 0 Å². The van der Waals surface area contributed by atoms with Gasteiger partial charge in [-0.2, -0.15) is 0 Å². The van der Waals surface area contributed by atoms with Crippen LogP contribution in [0, 0.1) is 5.82 Å². The van der Waals surface area contributed by atoms with Crippen LogP contribution in [-0.4, -0.2) is 5.91 Å². The van der Waals surface area contributed by atoms with Gasteiger partial charge in [0, 0.05) is 11.1 Å². The summed E-state index contributed by atoms with van der Waals surface area (Å²) in [5.74, 6) is -0.490. The Balaban J connectivity index is 2.67. The first-order valence-corrected chi connectivity index (χ1v) is 3.79. The van der Waals surface area contributed by atoms with Gasteiger partial charge < -0.3 is 5.32 Å². The average molecular weight is 165 g/mol. The summed E-state index contributed by atoms with van der Waals surface area (Å²) in [6.45, 7) is 1.77. The minimum Gasteiger partial charge on any atom is -0.345 e. The Morgan fingerprint density at radius 1 is 1.50 bits per heavy atom. The normalized spacial score (nSPS) is 20.5. The van der Waals surface area contributed by atoms with E-state index in [1.807, 2.05) is 0 Å². The highest BCUT2D eigenvalue weighted by Gasteiger charge is 2.27. The van der Waals surface area contributed by atoms with Crippen LogP contribution < -0.4 is 5.32 Å². The molecule has 3 heteroatoms. The van der Waals surface area contributed by atoms with E-state index in [1.165, 1.54) is 6.07 Å². The average Bonchev–Trinajstić information content (AvgIpc) is 2.29. The second-order valence-corrected chi connectivity index (χ2v) is 2.90. The minimum absolute atomic E-state index is 0.183. The monoisotopic (exact) mass is 165 g/mol. The fraction of sp³-hybridized carbons (Fsp3) is 0.222. The predicted molar refractivity (Wildman–Crippen MR) is 42.3 cm³/mol. The lowest BCUT2D eigenvalue weighted by Crippen LogP contribution is -2.16. The second-order valence-electron chi connectivity index (χ2n) is 2.90. The molecule has 12 heavy (non-hydrogen) atoms. The molecule has 1 heterocycles. The number of hydrogen-bond donors (Lipinski definition) is 1. The molecule has 2 nitrogen and oxygen atoms in total. The van der Waals surface area contributed by atoms with Crippen molar-refractivity contribution in [3.63, 3.8) is 0 Å². The van der Waals surface area contributed by atoms with Crippen LogP contribution in [0.3, 0.4) is 0 Å². The second kappa shape index (κ2) is 2.30. The Labute approximate surface area is 69.4 Å². The molecule has 1 aromatic carbocycles. The van der Waals surface area contributed by atoms with Crippen molar-refractivity contribution in [2.24, 2.45) is 0 Å². The zero-order chi connectivity index (χ0) is 8.72. The van der Waals surface area contributed by atoms with E-state index in [0.29, 0.717) is 11.1 Å². The molecule has 1 amide bonds. The van der Waals surface area contributed by atoms with Gasteiger partial charge in [-0.15, -0.1) is 0 Å². The van der Waals surface area contributed by atoms with Crippen molar-refractivity contribution < 1.29 is 9.18 Å². The van der Waals surface area contributed by atoms with Crippen molar-refractivity contribution in [2.45, 2.75) is 13.0 Å². The summed E-state index contributed by atoms with van der Waals surface area (Å²) < 4.78 is 13.1. The molecule has 2 rings (SSSR count). The summed E-state index contributed by atoms with van der Waals surface area (Å²) in [5.41, 5.74) is 0.949. The molecule has 0 saturated heterocycles. The molecule has 1 N–H and O–H groups in total. The molecule has 0 aromatic heterocycles. The molecule has 0 saturated carbocycles. The summed E-state index contributed by atoms with van der Waals surface area (Å²) in [6, 6.07) is 4.35. The molecule has 1 atom stereocenters. The number of nitrogens with one attached hydrogen (secondary N) is 1. The Morgan fingerprint density at radius 2 is 2.25 bits per heavy atom. The molecule has 0 radical (unpaired) electrons. The lowest BCUT2D eigenvalue weighted by Gasteiger charge is -2.03. The van der Waals surface area contributed by atoms with E-state index < -0.39 is 0 Å². The lowest BCUT2D eigenvalue weighted by atomic mass is 10.1. The first kappa shape index (κ1) is 7.28. The standard InChI is InChI=1S/C9H8FNO/c1-5-8-6(9(12)11-5)3-2-4-7(8)10/h2-5H,1H3,(H,11,12). The number of fused-ring (bicyclic) bond motifs is 1. The molecule has 1 aliphatic rings. The Kier molecular flexibility index (Phi) is 1.40. The summed E-state index contributed by atoms with van der Waals surface area (Å²) in [5, 5.41) is 2.64. The summed E-state index contributed by atoms with van der Waals surface area (Å²) in [4.78, 5) is 11.2. The van der Waals surface area contributed by atoms with Crippen LogP contribution in [-0.2, 0) is 0 Å². The molecule has 0 spiro atoms. The van der Waals surface area contributed by atoms with Crippen molar-refractivity contribution in [3.8, 4) is 0 Å². The van der Waals surface area contributed by atoms with E-state index in [2.05, 4.69) is 5.32 Å². The molecular weight excluding hydrogens is 157 g/mol. The van der Waals surface area contributed by atoms with Crippen molar-refractivity contribution in [2.75, 3.05) is 0 Å². The molecule has 1 unspecified atom stereocenters.